The summed E-state index contributed by atoms with van der Waals surface area (Å²) in [6.45, 7) is 0.553. The predicted octanol–water partition coefficient (Wildman–Crippen LogP) is 1.58. The summed E-state index contributed by atoms with van der Waals surface area (Å²) < 4.78 is 10.2. The molecule has 0 bridgehead atoms. The number of ether oxygens (including phenoxy) is 2. The molecule has 0 aliphatic heterocycles. The maximum atomic E-state index is 10.4. The predicted molar refractivity (Wildman–Crippen MR) is 53.5 cm³/mol. The van der Waals surface area contributed by atoms with Gasteiger partial charge in [-0.05, 0) is 11.6 Å². The number of hydrogen-bond acceptors (Lipinski definition) is 3. The van der Waals surface area contributed by atoms with Gasteiger partial charge in [0.15, 0.2) is 0 Å². The third-order valence-electron chi connectivity index (χ3n) is 1.97. The van der Waals surface area contributed by atoms with Crippen LogP contribution < -0.4 is 4.74 Å². The maximum Gasteiger partial charge on any atom is 0.124 e. The van der Waals surface area contributed by atoms with Crippen LogP contribution in [0.3, 0.4) is 0 Å². The number of rotatable bonds is 5. The summed E-state index contributed by atoms with van der Waals surface area (Å²) in [6.07, 6.45) is 1.25. The highest BCUT2D eigenvalue weighted by Crippen LogP contribution is 2.20. The van der Waals surface area contributed by atoms with E-state index in [1.165, 1.54) is 0 Å². The monoisotopic (exact) mass is 194 g/mol. The van der Waals surface area contributed by atoms with Crippen molar-refractivity contribution in [3.63, 3.8) is 0 Å². The summed E-state index contributed by atoms with van der Waals surface area (Å²) in [4.78, 5) is 10.4. The van der Waals surface area contributed by atoms with Crippen LogP contribution in [0.15, 0.2) is 18.2 Å². The molecule has 0 amide bonds. The van der Waals surface area contributed by atoms with Crippen LogP contribution in [0.25, 0.3) is 0 Å². The van der Waals surface area contributed by atoms with Gasteiger partial charge in [0.25, 0.3) is 0 Å². The second-order valence-electron chi connectivity index (χ2n) is 2.95. The summed E-state index contributed by atoms with van der Waals surface area (Å²) >= 11 is 0. The average molecular weight is 194 g/mol. The number of hydrogen-bond donors (Lipinski definition) is 0. The molecule has 1 aromatic rings. The van der Waals surface area contributed by atoms with E-state index in [4.69, 9.17) is 9.47 Å². The Morgan fingerprint density at radius 3 is 2.71 bits per heavy atom. The number of aldehydes is 1. The normalized spacial score (nSPS) is 9.86. The standard InChI is InChI=1S/C11H14O3/c1-13-8-9-3-4-10(5-6-12)11(7-9)14-2/h3-4,6-7H,5,8H2,1-2H3. The molecule has 0 aliphatic carbocycles. The lowest BCUT2D eigenvalue weighted by molar-refractivity contribution is -0.107. The first-order chi connectivity index (χ1) is 6.81. The van der Waals surface area contributed by atoms with Gasteiger partial charge in [-0.2, -0.15) is 0 Å². The molecule has 0 heterocycles. The molecule has 0 aromatic heterocycles. The van der Waals surface area contributed by atoms with E-state index in [0.717, 1.165) is 23.2 Å². The van der Waals surface area contributed by atoms with Crippen molar-refractivity contribution in [2.45, 2.75) is 13.0 Å². The molecule has 0 atom stereocenters. The van der Waals surface area contributed by atoms with Gasteiger partial charge in [-0.25, -0.2) is 0 Å². The lowest BCUT2D eigenvalue weighted by Crippen LogP contribution is -1.95. The van der Waals surface area contributed by atoms with Gasteiger partial charge < -0.3 is 14.3 Å². The third-order valence-corrected chi connectivity index (χ3v) is 1.97. The van der Waals surface area contributed by atoms with Gasteiger partial charge in [0.2, 0.25) is 0 Å². The van der Waals surface area contributed by atoms with Crippen LogP contribution in [0, 0.1) is 0 Å². The molecule has 1 rings (SSSR count). The van der Waals surface area contributed by atoms with Crippen molar-refractivity contribution in [2.24, 2.45) is 0 Å². The van der Waals surface area contributed by atoms with Crippen molar-refractivity contribution in [1.29, 1.82) is 0 Å². The second kappa shape index (κ2) is 5.40. The SMILES string of the molecule is COCc1ccc(CC=O)c(OC)c1. The molecule has 0 unspecified atom stereocenters. The van der Waals surface area contributed by atoms with Gasteiger partial charge in [-0.15, -0.1) is 0 Å². The number of benzene rings is 1. The largest absolute Gasteiger partial charge is 0.496 e. The van der Waals surface area contributed by atoms with Crippen LogP contribution in [0.2, 0.25) is 0 Å². The summed E-state index contributed by atoms with van der Waals surface area (Å²) in [7, 11) is 3.24. The van der Waals surface area contributed by atoms with Crippen LogP contribution in [-0.4, -0.2) is 20.5 Å². The lowest BCUT2D eigenvalue weighted by Gasteiger charge is -2.08. The molecule has 76 valence electrons. The minimum absolute atomic E-state index is 0.385. The fourth-order valence-electron chi connectivity index (χ4n) is 1.30. The van der Waals surface area contributed by atoms with Crippen LogP contribution in [0.5, 0.6) is 5.75 Å². The van der Waals surface area contributed by atoms with E-state index in [0.29, 0.717) is 13.0 Å². The molecule has 1 aromatic carbocycles. The van der Waals surface area contributed by atoms with E-state index in [9.17, 15) is 4.79 Å². The topological polar surface area (TPSA) is 35.5 Å². The maximum absolute atomic E-state index is 10.4. The van der Waals surface area contributed by atoms with Gasteiger partial charge >= 0.3 is 0 Å². The molecule has 0 fully saturated rings. The number of carbonyl (C=O) groups is 1. The minimum atomic E-state index is 0.385. The lowest BCUT2D eigenvalue weighted by atomic mass is 10.1. The first kappa shape index (κ1) is 10.7. The Bertz CT molecular complexity index is 307. The van der Waals surface area contributed by atoms with Gasteiger partial charge in [0.1, 0.15) is 12.0 Å². The van der Waals surface area contributed by atoms with Crippen LogP contribution in [-0.2, 0) is 22.6 Å². The summed E-state index contributed by atoms with van der Waals surface area (Å²) in [6, 6.07) is 5.72. The van der Waals surface area contributed by atoms with Crippen molar-refractivity contribution in [3.8, 4) is 5.75 Å². The number of carbonyl (C=O) groups excluding carboxylic acids is 1. The molecular weight excluding hydrogens is 180 g/mol. The fraction of sp³-hybridized carbons (Fsp3) is 0.364. The first-order valence-corrected chi connectivity index (χ1v) is 4.40. The van der Waals surface area contributed by atoms with E-state index in [1.807, 2.05) is 18.2 Å². The van der Waals surface area contributed by atoms with Crippen molar-refractivity contribution < 1.29 is 14.3 Å². The Kier molecular flexibility index (Phi) is 4.13. The first-order valence-electron chi connectivity index (χ1n) is 4.40. The zero-order valence-electron chi connectivity index (χ0n) is 8.45. The third kappa shape index (κ3) is 2.57. The molecule has 3 heteroatoms. The molecule has 14 heavy (non-hydrogen) atoms. The van der Waals surface area contributed by atoms with Gasteiger partial charge in [0, 0.05) is 19.1 Å². The van der Waals surface area contributed by atoms with Crippen molar-refractivity contribution >= 4 is 6.29 Å². The van der Waals surface area contributed by atoms with Gasteiger partial charge in [0.05, 0.1) is 13.7 Å². The van der Waals surface area contributed by atoms with E-state index >= 15 is 0 Å². The van der Waals surface area contributed by atoms with Crippen LogP contribution in [0.4, 0.5) is 0 Å². The summed E-state index contributed by atoms with van der Waals surface area (Å²) in [5.41, 5.74) is 1.95. The average Bonchev–Trinajstić information content (AvgIpc) is 2.21. The van der Waals surface area contributed by atoms with E-state index in [1.54, 1.807) is 14.2 Å². The Balaban J connectivity index is 2.92. The Morgan fingerprint density at radius 2 is 2.14 bits per heavy atom. The molecule has 3 nitrogen and oxygen atoms in total. The zero-order valence-corrected chi connectivity index (χ0v) is 8.45. The van der Waals surface area contributed by atoms with E-state index < -0.39 is 0 Å². The second-order valence-corrected chi connectivity index (χ2v) is 2.95. The molecule has 0 N–H and O–H groups in total. The Labute approximate surface area is 83.6 Å². The van der Waals surface area contributed by atoms with Crippen molar-refractivity contribution in [1.82, 2.24) is 0 Å². The highest BCUT2D eigenvalue weighted by molar-refractivity contribution is 5.57. The Morgan fingerprint density at radius 1 is 1.36 bits per heavy atom. The van der Waals surface area contributed by atoms with Gasteiger partial charge in [-0.1, -0.05) is 12.1 Å². The van der Waals surface area contributed by atoms with Crippen LogP contribution >= 0.6 is 0 Å². The van der Waals surface area contributed by atoms with Gasteiger partial charge in [-0.3, -0.25) is 0 Å². The van der Waals surface area contributed by atoms with E-state index in [2.05, 4.69) is 0 Å². The summed E-state index contributed by atoms with van der Waals surface area (Å²) in [5.74, 6) is 0.742. The molecule has 0 saturated carbocycles. The molecule has 0 radical (unpaired) electrons. The molecule has 0 saturated heterocycles. The van der Waals surface area contributed by atoms with Crippen LogP contribution in [0.1, 0.15) is 11.1 Å². The smallest absolute Gasteiger partial charge is 0.124 e. The van der Waals surface area contributed by atoms with E-state index in [-0.39, 0.29) is 0 Å². The quantitative estimate of drug-likeness (QED) is 0.667. The van der Waals surface area contributed by atoms with Crippen molar-refractivity contribution in [2.75, 3.05) is 14.2 Å². The van der Waals surface area contributed by atoms with Crippen molar-refractivity contribution in [3.05, 3.63) is 29.3 Å². The molecular formula is C11H14O3. The molecule has 0 aliphatic rings. The fourth-order valence-corrected chi connectivity index (χ4v) is 1.30. The minimum Gasteiger partial charge on any atom is -0.496 e. The summed E-state index contributed by atoms with van der Waals surface area (Å²) in [5, 5.41) is 0. The Hall–Kier alpha value is -1.35. The number of methoxy groups -OCH3 is 2. The molecule has 0 spiro atoms. The zero-order chi connectivity index (χ0) is 10.4. The highest BCUT2D eigenvalue weighted by Gasteiger charge is 2.03. The highest BCUT2D eigenvalue weighted by atomic mass is 16.5.